The molecule has 0 atom stereocenters. The van der Waals surface area contributed by atoms with Gasteiger partial charge in [0, 0.05) is 23.5 Å². The molecule has 0 aliphatic carbocycles. The fourth-order valence-corrected chi connectivity index (χ4v) is 1.80. The predicted octanol–water partition coefficient (Wildman–Crippen LogP) is 2.49. The highest BCUT2D eigenvalue weighted by atomic mass is 35.5. The van der Waals surface area contributed by atoms with E-state index in [-0.39, 0.29) is 5.69 Å². The molecule has 2 aromatic rings. The number of carbonyl (C=O) groups is 1. The summed E-state index contributed by atoms with van der Waals surface area (Å²) in [5, 5.41) is 3.96. The molecule has 1 amide bonds. The van der Waals surface area contributed by atoms with Gasteiger partial charge in [-0.2, -0.15) is 0 Å². The van der Waals surface area contributed by atoms with Gasteiger partial charge in [-0.25, -0.2) is 0 Å². The Hall–Kier alpha value is -2.07. The largest absolute Gasteiger partial charge is 0.385 e. The molecule has 3 N–H and O–H groups in total. The standard InChI is InChI=1S/C14H14ClN3O/c15-11-3-1-10(2-4-11)5-7-17-12-6-8-18-13(9-12)14(16)19/h1-4,6,8-9H,5,7H2,(H2,16,19)(H,17,18). The van der Waals surface area contributed by atoms with Crippen LogP contribution >= 0.6 is 11.6 Å². The number of aromatic nitrogens is 1. The smallest absolute Gasteiger partial charge is 0.267 e. The van der Waals surface area contributed by atoms with Crippen LogP contribution in [0.4, 0.5) is 5.69 Å². The molecule has 4 nitrogen and oxygen atoms in total. The van der Waals surface area contributed by atoms with Crippen molar-refractivity contribution in [2.45, 2.75) is 6.42 Å². The molecule has 0 saturated heterocycles. The maximum atomic E-state index is 11.0. The second-order valence-electron chi connectivity index (χ2n) is 4.10. The highest BCUT2D eigenvalue weighted by Gasteiger charge is 2.02. The van der Waals surface area contributed by atoms with Crippen molar-refractivity contribution in [2.75, 3.05) is 11.9 Å². The number of anilines is 1. The molecule has 1 aromatic carbocycles. The molecule has 98 valence electrons. The molecular weight excluding hydrogens is 262 g/mol. The van der Waals surface area contributed by atoms with Crippen LogP contribution in [0, 0.1) is 0 Å². The maximum Gasteiger partial charge on any atom is 0.267 e. The van der Waals surface area contributed by atoms with Gasteiger partial charge in [-0.05, 0) is 36.2 Å². The third-order valence-electron chi connectivity index (χ3n) is 2.67. The predicted molar refractivity (Wildman–Crippen MR) is 76.4 cm³/mol. The number of nitrogens with zero attached hydrogens (tertiary/aromatic N) is 1. The monoisotopic (exact) mass is 275 g/mol. The lowest BCUT2D eigenvalue weighted by Crippen LogP contribution is -2.13. The van der Waals surface area contributed by atoms with Gasteiger partial charge in [0.15, 0.2) is 0 Å². The normalized spacial score (nSPS) is 10.2. The molecule has 5 heteroatoms. The second-order valence-corrected chi connectivity index (χ2v) is 4.53. The van der Waals surface area contributed by atoms with E-state index in [0.717, 1.165) is 23.7 Å². The second kappa shape index (κ2) is 6.20. The van der Waals surface area contributed by atoms with Gasteiger partial charge >= 0.3 is 0 Å². The molecule has 0 spiro atoms. The number of nitrogens with one attached hydrogen (secondary N) is 1. The summed E-state index contributed by atoms with van der Waals surface area (Å²) in [6, 6.07) is 11.2. The van der Waals surface area contributed by atoms with Gasteiger partial charge in [0.2, 0.25) is 0 Å². The Morgan fingerprint density at radius 3 is 2.68 bits per heavy atom. The Balaban J connectivity index is 1.90. The highest BCUT2D eigenvalue weighted by molar-refractivity contribution is 6.30. The van der Waals surface area contributed by atoms with Crippen LogP contribution in [0.25, 0.3) is 0 Å². The van der Waals surface area contributed by atoms with Gasteiger partial charge in [0.1, 0.15) is 5.69 Å². The fourth-order valence-electron chi connectivity index (χ4n) is 1.68. The fraction of sp³-hybridized carbons (Fsp3) is 0.143. The zero-order valence-electron chi connectivity index (χ0n) is 10.3. The molecule has 0 aliphatic heterocycles. The molecule has 0 fully saturated rings. The van der Waals surface area contributed by atoms with Crippen molar-refractivity contribution in [3.05, 3.63) is 58.9 Å². The quantitative estimate of drug-likeness (QED) is 0.881. The first-order valence-electron chi connectivity index (χ1n) is 5.89. The van der Waals surface area contributed by atoms with Crippen LogP contribution in [0.15, 0.2) is 42.6 Å². The maximum absolute atomic E-state index is 11.0. The van der Waals surface area contributed by atoms with Crippen molar-refractivity contribution in [1.29, 1.82) is 0 Å². The number of rotatable bonds is 5. The number of carbonyl (C=O) groups excluding carboxylic acids is 1. The minimum atomic E-state index is -0.527. The Bertz CT molecular complexity index is 569. The van der Waals surface area contributed by atoms with Crippen LogP contribution in [0.1, 0.15) is 16.1 Å². The first-order valence-corrected chi connectivity index (χ1v) is 6.27. The van der Waals surface area contributed by atoms with Gasteiger partial charge in [0.25, 0.3) is 5.91 Å². The molecule has 0 aliphatic rings. The summed E-state index contributed by atoms with van der Waals surface area (Å²) < 4.78 is 0. The van der Waals surface area contributed by atoms with Crippen molar-refractivity contribution in [2.24, 2.45) is 5.73 Å². The summed E-state index contributed by atoms with van der Waals surface area (Å²) in [5.41, 5.74) is 7.46. The van der Waals surface area contributed by atoms with Crippen molar-refractivity contribution in [3.8, 4) is 0 Å². The van der Waals surface area contributed by atoms with Crippen LogP contribution in [-0.2, 0) is 6.42 Å². The molecule has 2 rings (SSSR count). The Labute approximate surface area is 116 Å². The van der Waals surface area contributed by atoms with Crippen LogP contribution in [0.2, 0.25) is 5.02 Å². The van der Waals surface area contributed by atoms with Crippen LogP contribution in [0.5, 0.6) is 0 Å². The van der Waals surface area contributed by atoms with Crippen LogP contribution < -0.4 is 11.1 Å². The van der Waals surface area contributed by atoms with E-state index in [0.29, 0.717) is 0 Å². The van der Waals surface area contributed by atoms with Crippen molar-refractivity contribution in [1.82, 2.24) is 4.98 Å². The van der Waals surface area contributed by atoms with Crippen molar-refractivity contribution < 1.29 is 4.79 Å². The first kappa shape index (κ1) is 13.4. The summed E-state index contributed by atoms with van der Waals surface area (Å²) >= 11 is 5.82. The minimum absolute atomic E-state index is 0.261. The van der Waals surface area contributed by atoms with Crippen LogP contribution in [0.3, 0.4) is 0 Å². The number of halogens is 1. The number of hydrogen-bond acceptors (Lipinski definition) is 3. The molecule has 0 radical (unpaired) electrons. The molecule has 0 bridgehead atoms. The van der Waals surface area contributed by atoms with E-state index in [1.54, 1.807) is 18.3 Å². The lowest BCUT2D eigenvalue weighted by molar-refractivity contribution is 0.0995. The average Bonchev–Trinajstić information content (AvgIpc) is 2.41. The molecule has 19 heavy (non-hydrogen) atoms. The van der Waals surface area contributed by atoms with E-state index in [2.05, 4.69) is 10.3 Å². The number of amides is 1. The van der Waals surface area contributed by atoms with E-state index in [1.165, 1.54) is 5.56 Å². The van der Waals surface area contributed by atoms with Gasteiger partial charge < -0.3 is 11.1 Å². The Morgan fingerprint density at radius 2 is 2.00 bits per heavy atom. The molecule has 0 unspecified atom stereocenters. The molecule has 1 heterocycles. The Kier molecular flexibility index (Phi) is 4.36. The molecule has 1 aromatic heterocycles. The topological polar surface area (TPSA) is 68.0 Å². The van der Waals surface area contributed by atoms with Gasteiger partial charge in [0.05, 0.1) is 0 Å². The zero-order valence-corrected chi connectivity index (χ0v) is 11.0. The molecular formula is C14H14ClN3O. The van der Waals surface area contributed by atoms with Crippen LogP contribution in [-0.4, -0.2) is 17.4 Å². The van der Waals surface area contributed by atoms with Crippen molar-refractivity contribution in [3.63, 3.8) is 0 Å². The number of pyridine rings is 1. The molecule has 0 saturated carbocycles. The van der Waals surface area contributed by atoms with E-state index in [4.69, 9.17) is 17.3 Å². The summed E-state index contributed by atoms with van der Waals surface area (Å²) in [7, 11) is 0. The summed E-state index contributed by atoms with van der Waals surface area (Å²) in [6.07, 6.45) is 2.43. The van der Waals surface area contributed by atoms with Crippen molar-refractivity contribution >= 4 is 23.2 Å². The van der Waals surface area contributed by atoms with E-state index in [1.807, 2.05) is 24.3 Å². The lowest BCUT2D eigenvalue weighted by Gasteiger charge is -2.07. The van der Waals surface area contributed by atoms with E-state index < -0.39 is 5.91 Å². The lowest BCUT2D eigenvalue weighted by atomic mass is 10.1. The average molecular weight is 276 g/mol. The third kappa shape index (κ3) is 3.96. The SMILES string of the molecule is NC(=O)c1cc(NCCc2ccc(Cl)cc2)ccn1. The summed E-state index contributed by atoms with van der Waals surface area (Å²) in [5.74, 6) is -0.527. The minimum Gasteiger partial charge on any atom is -0.385 e. The first-order chi connectivity index (χ1) is 9.15. The third-order valence-corrected chi connectivity index (χ3v) is 2.92. The summed E-state index contributed by atoms with van der Waals surface area (Å²) in [6.45, 7) is 0.754. The number of benzene rings is 1. The number of hydrogen-bond donors (Lipinski definition) is 2. The highest BCUT2D eigenvalue weighted by Crippen LogP contribution is 2.11. The van der Waals surface area contributed by atoms with E-state index in [9.17, 15) is 4.79 Å². The van der Waals surface area contributed by atoms with Gasteiger partial charge in [-0.1, -0.05) is 23.7 Å². The number of nitrogens with two attached hydrogens (primary N) is 1. The number of primary amides is 1. The van der Waals surface area contributed by atoms with Gasteiger partial charge in [-0.3, -0.25) is 9.78 Å². The Morgan fingerprint density at radius 1 is 1.26 bits per heavy atom. The summed E-state index contributed by atoms with van der Waals surface area (Å²) in [4.78, 5) is 14.9. The van der Waals surface area contributed by atoms with Gasteiger partial charge in [-0.15, -0.1) is 0 Å². The zero-order chi connectivity index (χ0) is 13.7. The van der Waals surface area contributed by atoms with E-state index >= 15 is 0 Å².